The van der Waals surface area contributed by atoms with Gasteiger partial charge < -0.3 is 28.8 Å². The summed E-state index contributed by atoms with van der Waals surface area (Å²) in [5, 5.41) is 2.78. The van der Waals surface area contributed by atoms with Gasteiger partial charge in [-0.3, -0.25) is 9.59 Å². The predicted molar refractivity (Wildman–Crippen MR) is 117 cm³/mol. The van der Waals surface area contributed by atoms with Crippen molar-refractivity contribution in [3.05, 3.63) is 77.7 Å². The number of nitrogens with one attached hydrogen (secondary N) is 1. The topological polar surface area (TPSA) is 90.2 Å². The summed E-state index contributed by atoms with van der Waals surface area (Å²) in [6.07, 6.45) is 0. The molecule has 1 N–H and O–H groups in total. The SMILES string of the molecule is COc1ccccc1OCc1ccc(C(=O)Nc2ccccc2C(=O)N2CCOCC2)o1. The zero-order chi connectivity index (χ0) is 22.3. The second-order valence-electron chi connectivity index (χ2n) is 7.11. The molecule has 0 atom stereocenters. The molecule has 0 aliphatic carbocycles. The monoisotopic (exact) mass is 436 g/mol. The van der Waals surface area contributed by atoms with Crippen LogP contribution in [-0.2, 0) is 11.3 Å². The Hall–Kier alpha value is -3.78. The van der Waals surface area contributed by atoms with Gasteiger partial charge in [0.05, 0.1) is 31.6 Å². The van der Waals surface area contributed by atoms with E-state index < -0.39 is 5.91 Å². The predicted octanol–water partition coefficient (Wildman–Crippen LogP) is 3.59. The molecule has 1 fully saturated rings. The van der Waals surface area contributed by atoms with Gasteiger partial charge in [-0.15, -0.1) is 0 Å². The van der Waals surface area contributed by atoms with Crippen molar-refractivity contribution in [2.45, 2.75) is 6.61 Å². The Bertz CT molecular complexity index is 1090. The van der Waals surface area contributed by atoms with Crippen molar-refractivity contribution in [3.8, 4) is 11.5 Å². The maximum atomic E-state index is 12.9. The van der Waals surface area contributed by atoms with Crippen LogP contribution in [0.1, 0.15) is 26.7 Å². The zero-order valence-electron chi connectivity index (χ0n) is 17.7. The molecule has 0 bridgehead atoms. The molecule has 4 rings (SSSR count). The summed E-state index contributed by atoms with van der Waals surface area (Å²) in [7, 11) is 1.57. The molecule has 1 aliphatic heterocycles. The third-order valence-electron chi connectivity index (χ3n) is 5.03. The second kappa shape index (κ2) is 10.0. The number of benzene rings is 2. The number of anilines is 1. The molecule has 1 saturated heterocycles. The summed E-state index contributed by atoms with van der Waals surface area (Å²) in [5.41, 5.74) is 0.853. The maximum absolute atomic E-state index is 12.9. The molecule has 0 spiro atoms. The lowest BCUT2D eigenvalue weighted by Gasteiger charge is -2.27. The Balaban J connectivity index is 1.42. The molecule has 1 aromatic heterocycles. The molecular weight excluding hydrogens is 412 g/mol. The first kappa shape index (κ1) is 21.5. The van der Waals surface area contributed by atoms with Gasteiger partial charge in [0, 0.05) is 13.1 Å². The lowest BCUT2D eigenvalue weighted by Crippen LogP contribution is -2.41. The van der Waals surface area contributed by atoms with E-state index in [0.29, 0.717) is 54.8 Å². The molecule has 8 nitrogen and oxygen atoms in total. The number of hydrogen-bond acceptors (Lipinski definition) is 6. The first-order chi connectivity index (χ1) is 15.7. The Kier molecular flexibility index (Phi) is 6.72. The number of para-hydroxylation sites is 3. The molecular formula is C24H24N2O6. The van der Waals surface area contributed by atoms with Crippen LogP contribution in [0, 0.1) is 0 Å². The molecule has 0 unspecified atom stereocenters. The number of nitrogens with zero attached hydrogens (tertiary/aromatic N) is 1. The molecule has 0 radical (unpaired) electrons. The molecule has 8 heteroatoms. The van der Waals surface area contributed by atoms with Gasteiger partial charge in [-0.25, -0.2) is 0 Å². The minimum atomic E-state index is -0.448. The van der Waals surface area contributed by atoms with Crippen LogP contribution in [0.15, 0.2) is 65.1 Å². The zero-order valence-corrected chi connectivity index (χ0v) is 17.7. The van der Waals surface area contributed by atoms with E-state index in [9.17, 15) is 9.59 Å². The molecule has 32 heavy (non-hydrogen) atoms. The number of carbonyl (C=O) groups is 2. The first-order valence-electron chi connectivity index (χ1n) is 10.3. The molecule has 0 saturated carbocycles. The van der Waals surface area contributed by atoms with E-state index in [0.717, 1.165) is 0 Å². The summed E-state index contributed by atoms with van der Waals surface area (Å²) in [6.45, 7) is 2.20. The van der Waals surface area contributed by atoms with Crippen molar-refractivity contribution in [1.29, 1.82) is 0 Å². The largest absolute Gasteiger partial charge is 0.493 e. The van der Waals surface area contributed by atoms with Crippen LogP contribution in [0.25, 0.3) is 0 Å². The molecule has 2 aromatic carbocycles. The molecule has 166 valence electrons. The van der Waals surface area contributed by atoms with Gasteiger partial charge in [-0.05, 0) is 36.4 Å². The number of amides is 2. The fourth-order valence-electron chi connectivity index (χ4n) is 3.36. The summed E-state index contributed by atoms with van der Waals surface area (Å²) in [4.78, 5) is 27.3. The average molecular weight is 436 g/mol. The molecule has 2 amide bonds. The van der Waals surface area contributed by atoms with Crippen LogP contribution in [0.5, 0.6) is 11.5 Å². The van der Waals surface area contributed by atoms with Crippen molar-refractivity contribution in [3.63, 3.8) is 0 Å². The minimum absolute atomic E-state index is 0.122. The number of furan rings is 1. The minimum Gasteiger partial charge on any atom is -0.493 e. The number of morpholine rings is 1. The van der Waals surface area contributed by atoms with Gasteiger partial charge in [0.15, 0.2) is 17.3 Å². The van der Waals surface area contributed by atoms with Gasteiger partial charge in [-0.1, -0.05) is 24.3 Å². The van der Waals surface area contributed by atoms with E-state index in [-0.39, 0.29) is 18.3 Å². The van der Waals surface area contributed by atoms with Crippen LogP contribution in [0.3, 0.4) is 0 Å². The number of methoxy groups -OCH3 is 1. The Morgan fingerprint density at radius 3 is 2.47 bits per heavy atom. The highest BCUT2D eigenvalue weighted by atomic mass is 16.5. The highest BCUT2D eigenvalue weighted by Gasteiger charge is 2.22. The number of rotatable bonds is 7. The summed E-state index contributed by atoms with van der Waals surface area (Å²) >= 11 is 0. The van der Waals surface area contributed by atoms with Crippen LogP contribution >= 0.6 is 0 Å². The number of ether oxygens (including phenoxy) is 3. The highest BCUT2D eigenvalue weighted by molar-refractivity contribution is 6.07. The Labute approximate surface area is 185 Å². The van der Waals surface area contributed by atoms with Crippen LogP contribution in [0.4, 0.5) is 5.69 Å². The molecule has 2 heterocycles. The van der Waals surface area contributed by atoms with Crippen molar-refractivity contribution in [1.82, 2.24) is 4.90 Å². The van der Waals surface area contributed by atoms with Crippen molar-refractivity contribution >= 4 is 17.5 Å². The van der Waals surface area contributed by atoms with E-state index >= 15 is 0 Å². The molecule has 3 aromatic rings. The van der Waals surface area contributed by atoms with E-state index in [1.807, 2.05) is 12.1 Å². The maximum Gasteiger partial charge on any atom is 0.291 e. The van der Waals surface area contributed by atoms with E-state index in [1.54, 1.807) is 60.5 Å². The van der Waals surface area contributed by atoms with Gasteiger partial charge >= 0.3 is 0 Å². The van der Waals surface area contributed by atoms with E-state index in [1.165, 1.54) is 0 Å². The van der Waals surface area contributed by atoms with Crippen LogP contribution in [0.2, 0.25) is 0 Å². The third kappa shape index (κ3) is 4.92. The van der Waals surface area contributed by atoms with Crippen LogP contribution < -0.4 is 14.8 Å². The van der Waals surface area contributed by atoms with Gasteiger partial charge in [0.2, 0.25) is 0 Å². The van der Waals surface area contributed by atoms with E-state index in [2.05, 4.69) is 5.32 Å². The highest BCUT2D eigenvalue weighted by Crippen LogP contribution is 2.27. The number of carbonyl (C=O) groups excluding carboxylic acids is 2. The smallest absolute Gasteiger partial charge is 0.291 e. The summed E-state index contributed by atoms with van der Waals surface area (Å²) in [5.74, 6) is 1.20. The van der Waals surface area contributed by atoms with Crippen molar-refractivity contribution in [2.75, 3.05) is 38.7 Å². The van der Waals surface area contributed by atoms with E-state index in [4.69, 9.17) is 18.6 Å². The lowest BCUT2D eigenvalue weighted by molar-refractivity contribution is 0.0303. The van der Waals surface area contributed by atoms with Crippen molar-refractivity contribution < 1.29 is 28.2 Å². The second-order valence-corrected chi connectivity index (χ2v) is 7.11. The van der Waals surface area contributed by atoms with Crippen molar-refractivity contribution in [2.24, 2.45) is 0 Å². The molecule has 1 aliphatic rings. The third-order valence-corrected chi connectivity index (χ3v) is 5.03. The fraction of sp³-hybridized carbons (Fsp3) is 0.250. The fourth-order valence-corrected chi connectivity index (χ4v) is 3.36. The van der Waals surface area contributed by atoms with Gasteiger partial charge in [-0.2, -0.15) is 0 Å². The Morgan fingerprint density at radius 1 is 0.969 bits per heavy atom. The summed E-state index contributed by atoms with van der Waals surface area (Å²) in [6, 6.07) is 17.4. The summed E-state index contributed by atoms with van der Waals surface area (Å²) < 4.78 is 21.9. The first-order valence-corrected chi connectivity index (χ1v) is 10.3. The normalized spacial score (nSPS) is 13.5. The standard InChI is InChI=1S/C24H24N2O6/c1-29-20-8-4-5-9-21(20)31-16-17-10-11-22(32-17)23(27)25-19-7-3-2-6-18(19)24(28)26-12-14-30-15-13-26/h2-11H,12-16H2,1H3,(H,25,27). The lowest BCUT2D eigenvalue weighted by atomic mass is 10.1. The van der Waals surface area contributed by atoms with Crippen LogP contribution in [-0.4, -0.2) is 50.1 Å². The average Bonchev–Trinajstić information content (AvgIpc) is 3.33. The Morgan fingerprint density at radius 2 is 1.69 bits per heavy atom. The van der Waals surface area contributed by atoms with Gasteiger partial charge in [0.25, 0.3) is 11.8 Å². The number of hydrogen-bond donors (Lipinski definition) is 1. The van der Waals surface area contributed by atoms with Gasteiger partial charge in [0.1, 0.15) is 12.4 Å². The quantitative estimate of drug-likeness (QED) is 0.609.